The van der Waals surface area contributed by atoms with Gasteiger partial charge in [-0.1, -0.05) is 22.6 Å². The largest absolute Gasteiger partial charge is 0.515 e. The number of aromatic nitrogens is 1. The molecule has 0 atom stereocenters. The van der Waals surface area contributed by atoms with Crippen molar-refractivity contribution in [2.45, 2.75) is 4.43 Å². The van der Waals surface area contributed by atoms with Crippen molar-refractivity contribution in [1.82, 2.24) is 4.98 Å². The van der Waals surface area contributed by atoms with Gasteiger partial charge >= 0.3 is 6.16 Å². The van der Waals surface area contributed by atoms with E-state index in [0.717, 1.165) is 0 Å². The lowest BCUT2D eigenvalue weighted by Crippen LogP contribution is -2.07. The summed E-state index contributed by atoms with van der Waals surface area (Å²) >= 11 is 2.08. The first-order valence-corrected chi connectivity index (χ1v) is 4.55. The maximum atomic E-state index is 10.6. The van der Waals surface area contributed by atoms with Crippen LogP contribution in [0.4, 0.5) is 4.79 Å². The van der Waals surface area contributed by atoms with E-state index in [1.54, 1.807) is 0 Å². The number of ether oxygens (including phenoxy) is 2. The van der Waals surface area contributed by atoms with E-state index >= 15 is 0 Å². The third-order valence-electron chi connectivity index (χ3n) is 1.000. The van der Waals surface area contributed by atoms with Crippen LogP contribution in [0.25, 0.3) is 0 Å². The molecule has 5 nitrogen and oxygen atoms in total. The van der Waals surface area contributed by atoms with Gasteiger partial charge in [0.25, 0.3) is 5.88 Å². The summed E-state index contributed by atoms with van der Waals surface area (Å²) in [6.07, 6.45) is 0.452. The van der Waals surface area contributed by atoms with Crippen LogP contribution in [0.2, 0.25) is 0 Å². The Bertz CT molecular complexity index is 272. The molecule has 0 aliphatic carbocycles. The molecule has 0 saturated heterocycles. The average Bonchev–Trinajstić information content (AvgIpc) is 2.52. The zero-order valence-electron chi connectivity index (χ0n) is 6.24. The molecule has 1 aromatic rings. The van der Waals surface area contributed by atoms with Crippen molar-refractivity contribution in [1.29, 1.82) is 0 Å². The van der Waals surface area contributed by atoms with Crippen LogP contribution < -0.4 is 4.74 Å². The van der Waals surface area contributed by atoms with E-state index in [0.29, 0.717) is 10.3 Å². The number of nitrogens with zero attached hydrogens (tertiary/aromatic N) is 1. The molecular weight excluding hydrogens is 277 g/mol. The van der Waals surface area contributed by atoms with E-state index < -0.39 is 6.16 Å². The van der Waals surface area contributed by atoms with E-state index in [1.807, 2.05) is 0 Å². The summed E-state index contributed by atoms with van der Waals surface area (Å²) in [6, 6.07) is 0. The fraction of sp³-hybridized carbons (Fsp3) is 0.333. The molecule has 0 aromatic carbocycles. The number of carbonyl (C=O) groups excluding carboxylic acids is 1. The van der Waals surface area contributed by atoms with Crippen LogP contribution in [0.5, 0.6) is 5.88 Å². The highest BCUT2D eigenvalue weighted by Gasteiger charge is 2.08. The van der Waals surface area contributed by atoms with Gasteiger partial charge in [0.1, 0.15) is 0 Å². The number of carbonyl (C=O) groups is 1. The zero-order valence-corrected chi connectivity index (χ0v) is 8.40. The molecule has 0 N–H and O–H groups in total. The standard InChI is InChI=1S/C6H6INO4/c1-10-6(9)12-5-3-11-4(2-7)8-5/h3H,2H2,1H3. The fourth-order valence-corrected chi connectivity index (χ4v) is 0.880. The molecule has 0 saturated carbocycles. The summed E-state index contributed by atoms with van der Waals surface area (Å²) in [6.45, 7) is 0. The zero-order chi connectivity index (χ0) is 8.97. The van der Waals surface area contributed by atoms with Crippen molar-refractivity contribution in [3.8, 4) is 5.88 Å². The second-order valence-corrected chi connectivity index (χ2v) is 2.53. The minimum atomic E-state index is -0.802. The smallest absolute Gasteiger partial charge is 0.444 e. The highest BCUT2D eigenvalue weighted by atomic mass is 127. The Labute approximate surface area is 82.2 Å². The number of methoxy groups -OCH3 is 1. The van der Waals surface area contributed by atoms with E-state index in [4.69, 9.17) is 4.42 Å². The topological polar surface area (TPSA) is 61.6 Å². The maximum absolute atomic E-state index is 10.6. The molecule has 6 heteroatoms. The van der Waals surface area contributed by atoms with Gasteiger partial charge in [-0.2, -0.15) is 4.98 Å². The Morgan fingerprint density at radius 2 is 2.58 bits per heavy atom. The average molecular weight is 283 g/mol. The number of oxazole rings is 1. The molecular formula is C6H6INO4. The molecule has 1 heterocycles. The van der Waals surface area contributed by atoms with Gasteiger partial charge in [0.05, 0.1) is 11.5 Å². The van der Waals surface area contributed by atoms with Gasteiger partial charge < -0.3 is 13.9 Å². The van der Waals surface area contributed by atoms with Gasteiger partial charge in [0, 0.05) is 0 Å². The van der Waals surface area contributed by atoms with Crippen molar-refractivity contribution >= 4 is 28.7 Å². The Morgan fingerprint density at radius 1 is 1.83 bits per heavy atom. The number of rotatable bonds is 2. The van der Waals surface area contributed by atoms with Crippen LogP contribution in [0.1, 0.15) is 5.89 Å². The second-order valence-electron chi connectivity index (χ2n) is 1.77. The van der Waals surface area contributed by atoms with Gasteiger partial charge in [-0.25, -0.2) is 4.79 Å². The molecule has 66 valence electrons. The molecule has 0 aliphatic rings. The third kappa shape index (κ3) is 2.36. The number of alkyl halides is 1. The number of hydrogen-bond acceptors (Lipinski definition) is 5. The minimum absolute atomic E-state index is 0.119. The Balaban J connectivity index is 2.58. The third-order valence-corrected chi connectivity index (χ3v) is 1.65. The first kappa shape index (κ1) is 9.30. The normalized spacial score (nSPS) is 9.50. The SMILES string of the molecule is COC(=O)Oc1coc(CI)n1. The molecule has 0 bridgehead atoms. The highest BCUT2D eigenvalue weighted by Crippen LogP contribution is 2.12. The van der Waals surface area contributed by atoms with Crippen LogP contribution >= 0.6 is 22.6 Å². The number of halogens is 1. The molecule has 0 radical (unpaired) electrons. The van der Waals surface area contributed by atoms with Crippen LogP contribution in [0.3, 0.4) is 0 Å². The molecule has 0 aliphatic heterocycles. The van der Waals surface area contributed by atoms with Crippen molar-refractivity contribution in [2.75, 3.05) is 7.11 Å². The summed E-state index contributed by atoms with van der Waals surface area (Å²) in [4.78, 5) is 14.4. The second kappa shape index (κ2) is 4.29. The monoisotopic (exact) mass is 283 g/mol. The van der Waals surface area contributed by atoms with Crippen molar-refractivity contribution in [3.63, 3.8) is 0 Å². The Hall–Kier alpha value is -0.790. The molecule has 0 fully saturated rings. The Kier molecular flexibility index (Phi) is 3.32. The van der Waals surface area contributed by atoms with E-state index in [2.05, 4.69) is 37.0 Å². The lowest BCUT2D eigenvalue weighted by Gasteiger charge is -1.94. The van der Waals surface area contributed by atoms with Crippen molar-refractivity contribution in [3.05, 3.63) is 12.2 Å². The number of hydrogen-bond donors (Lipinski definition) is 0. The highest BCUT2D eigenvalue weighted by molar-refractivity contribution is 14.1. The van der Waals surface area contributed by atoms with Gasteiger partial charge in [-0.15, -0.1) is 0 Å². The quantitative estimate of drug-likeness (QED) is 0.470. The van der Waals surface area contributed by atoms with Crippen molar-refractivity contribution < 1.29 is 18.7 Å². The summed E-state index contributed by atoms with van der Waals surface area (Å²) < 4.78 is 14.4. The van der Waals surface area contributed by atoms with Crippen LogP contribution in [-0.2, 0) is 9.16 Å². The van der Waals surface area contributed by atoms with Gasteiger partial charge in [0.2, 0.25) is 5.89 Å². The molecule has 0 spiro atoms. The Morgan fingerprint density at radius 3 is 3.08 bits per heavy atom. The lowest BCUT2D eigenvalue weighted by atomic mass is 10.8. The van der Waals surface area contributed by atoms with Crippen LogP contribution in [0.15, 0.2) is 10.7 Å². The van der Waals surface area contributed by atoms with E-state index in [9.17, 15) is 4.79 Å². The van der Waals surface area contributed by atoms with Gasteiger partial charge in [-0.3, -0.25) is 0 Å². The summed E-state index contributed by atoms with van der Waals surface area (Å²) in [7, 11) is 1.22. The molecule has 12 heavy (non-hydrogen) atoms. The lowest BCUT2D eigenvalue weighted by molar-refractivity contribution is 0.119. The van der Waals surface area contributed by atoms with Crippen LogP contribution in [0, 0.1) is 0 Å². The molecule has 0 unspecified atom stereocenters. The van der Waals surface area contributed by atoms with Crippen LogP contribution in [-0.4, -0.2) is 18.2 Å². The first-order valence-electron chi connectivity index (χ1n) is 3.02. The van der Waals surface area contributed by atoms with Gasteiger partial charge in [0.15, 0.2) is 6.26 Å². The molecule has 1 rings (SSSR count). The summed E-state index contributed by atoms with van der Waals surface area (Å²) in [5.74, 6) is 0.628. The molecule has 1 aromatic heterocycles. The van der Waals surface area contributed by atoms with Crippen molar-refractivity contribution in [2.24, 2.45) is 0 Å². The van der Waals surface area contributed by atoms with E-state index in [1.165, 1.54) is 13.4 Å². The fourth-order valence-electron chi connectivity index (χ4n) is 0.529. The predicted molar refractivity (Wildman–Crippen MR) is 47.3 cm³/mol. The van der Waals surface area contributed by atoms with Gasteiger partial charge in [-0.05, 0) is 0 Å². The summed E-state index contributed by atoms with van der Waals surface area (Å²) in [5, 5.41) is 0. The maximum Gasteiger partial charge on any atom is 0.515 e. The predicted octanol–water partition coefficient (Wildman–Crippen LogP) is 1.75. The molecule has 0 amide bonds. The summed E-state index contributed by atoms with van der Waals surface area (Å²) in [5.41, 5.74) is 0. The minimum Gasteiger partial charge on any atom is -0.444 e. The first-order chi connectivity index (χ1) is 5.76. The van der Waals surface area contributed by atoms with E-state index in [-0.39, 0.29) is 5.88 Å².